The van der Waals surface area contributed by atoms with Gasteiger partial charge in [-0.05, 0) is 61.0 Å². The molecule has 0 spiro atoms. The molecule has 23 heavy (non-hydrogen) atoms. The van der Waals surface area contributed by atoms with Crippen LogP contribution in [-0.4, -0.2) is 32.8 Å². The van der Waals surface area contributed by atoms with Gasteiger partial charge in [-0.1, -0.05) is 0 Å². The van der Waals surface area contributed by atoms with Crippen molar-refractivity contribution >= 4 is 17.3 Å². The summed E-state index contributed by atoms with van der Waals surface area (Å²) in [4.78, 5) is 14.1. The fourth-order valence-electron chi connectivity index (χ4n) is 2.01. The molecule has 0 fully saturated rings. The van der Waals surface area contributed by atoms with E-state index in [2.05, 4.69) is 10.5 Å². The number of amides is 1. The Kier molecular flexibility index (Phi) is 5.36. The lowest BCUT2D eigenvalue weighted by Gasteiger charge is -2.12. The number of nitrogens with zero attached hydrogens (tertiary/aromatic N) is 2. The molecule has 2 aromatic carbocycles. The van der Waals surface area contributed by atoms with Crippen LogP contribution in [0.25, 0.3) is 0 Å². The highest BCUT2D eigenvalue weighted by atomic mass is 16.5. The van der Waals surface area contributed by atoms with Gasteiger partial charge in [-0.2, -0.15) is 5.10 Å². The summed E-state index contributed by atoms with van der Waals surface area (Å²) >= 11 is 0. The van der Waals surface area contributed by atoms with Crippen molar-refractivity contribution in [1.29, 1.82) is 0 Å². The normalized spacial score (nSPS) is 11.0. The summed E-state index contributed by atoms with van der Waals surface area (Å²) in [7, 11) is 5.53. The van der Waals surface area contributed by atoms with Gasteiger partial charge in [-0.25, -0.2) is 5.43 Å². The van der Waals surface area contributed by atoms with Crippen molar-refractivity contribution in [3.63, 3.8) is 0 Å². The lowest BCUT2D eigenvalue weighted by Crippen LogP contribution is -2.19. The fraction of sp³-hybridized carbons (Fsp3) is 0.222. The van der Waals surface area contributed by atoms with Crippen LogP contribution in [0.1, 0.15) is 22.8 Å². The summed E-state index contributed by atoms with van der Waals surface area (Å²) in [6, 6.07) is 14.9. The van der Waals surface area contributed by atoms with Gasteiger partial charge >= 0.3 is 0 Å². The zero-order valence-electron chi connectivity index (χ0n) is 13.8. The minimum Gasteiger partial charge on any atom is -0.497 e. The molecule has 0 heterocycles. The van der Waals surface area contributed by atoms with Gasteiger partial charge in [0, 0.05) is 25.3 Å². The van der Waals surface area contributed by atoms with Crippen LogP contribution in [0.5, 0.6) is 5.75 Å². The molecule has 0 bridgehead atoms. The van der Waals surface area contributed by atoms with E-state index in [0.717, 1.165) is 22.7 Å². The fourth-order valence-corrected chi connectivity index (χ4v) is 2.01. The number of hydrogen-bond donors (Lipinski definition) is 1. The number of nitrogens with one attached hydrogen (secondary N) is 1. The van der Waals surface area contributed by atoms with Gasteiger partial charge in [0.05, 0.1) is 12.8 Å². The number of hydrogen-bond acceptors (Lipinski definition) is 4. The van der Waals surface area contributed by atoms with Gasteiger partial charge in [0.2, 0.25) is 0 Å². The maximum absolute atomic E-state index is 12.1. The second kappa shape index (κ2) is 7.45. The number of hydrazone groups is 1. The highest BCUT2D eigenvalue weighted by Crippen LogP contribution is 2.13. The lowest BCUT2D eigenvalue weighted by molar-refractivity contribution is 0.0955. The predicted molar refractivity (Wildman–Crippen MR) is 93.4 cm³/mol. The Bertz CT molecular complexity index is 689. The monoisotopic (exact) mass is 311 g/mol. The summed E-state index contributed by atoms with van der Waals surface area (Å²) < 4.78 is 5.12. The third kappa shape index (κ3) is 4.32. The third-order valence-corrected chi connectivity index (χ3v) is 3.48. The quantitative estimate of drug-likeness (QED) is 0.682. The molecule has 0 atom stereocenters. The minimum absolute atomic E-state index is 0.233. The molecule has 0 radical (unpaired) electrons. The van der Waals surface area contributed by atoms with E-state index in [0.29, 0.717) is 5.56 Å². The number of anilines is 1. The molecule has 5 nitrogen and oxygen atoms in total. The number of benzene rings is 2. The van der Waals surface area contributed by atoms with Crippen LogP contribution in [0, 0.1) is 0 Å². The Hall–Kier alpha value is -2.82. The number of methoxy groups -OCH3 is 1. The van der Waals surface area contributed by atoms with E-state index < -0.39 is 0 Å². The molecular formula is C18H21N3O2. The highest BCUT2D eigenvalue weighted by Gasteiger charge is 2.05. The van der Waals surface area contributed by atoms with E-state index in [1.807, 2.05) is 62.3 Å². The van der Waals surface area contributed by atoms with E-state index in [9.17, 15) is 4.79 Å². The van der Waals surface area contributed by atoms with Crippen LogP contribution in [-0.2, 0) is 0 Å². The van der Waals surface area contributed by atoms with Gasteiger partial charge in [-0.3, -0.25) is 4.79 Å². The molecule has 0 saturated carbocycles. The number of carbonyl (C=O) groups is 1. The number of ether oxygens (including phenoxy) is 1. The van der Waals surface area contributed by atoms with Gasteiger partial charge in [0.25, 0.3) is 5.91 Å². The van der Waals surface area contributed by atoms with Crippen LogP contribution in [0.4, 0.5) is 5.69 Å². The molecule has 2 rings (SSSR count). The molecule has 1 amide bonds. The van der Waals surface area contributed by atoms with E-state index >= 15 is 0 Å². The second-order valence-corrected chi connectivity index (χ2v) is 5.31. The largest absolute Gasteiger partial charge is 0.497 e. The molecular weight excluding hydrogens is 290 g/mol. The van der Waals surface area contributed by atoms with Crippen molar-refractivity contribution < 1.29 is 9.53 Å². The van der Waals surface area contributed by atoms with Crippen LogP contribution in [0.15, 0.2) is 53.6 Å². The van der Waals surface area contributed by atoms with Crippen molar-refractivity contribution in [2.24, 2.45) is 5.10 Å². The summed E-state index contributed by atoms with van der Waals surface area (Å²) in [5.41, 5.74) is 5.84. The van der Waals surface area contributed by atoms with Gasteiger partial charge in [-0.15, -0.1) is 0 Å². The highest BCUT2D eigenvalue weighted by molar-refractivity contribution is 6.01. The zero-order chi connectivity index (χ0) is 16.8. The summed E-state index contributed by atoms with van der Waals surface area (Å²) in [5.74, 6) is 0.551. The van der Waals surface area contributed by atoms with E-state index in [4.69, 9.17) is 4.74 Å². The molecule has 0 saturated heterocycles. The predicted octanol–water partition coefficient (Wildman–Crippen LogP) is 2.92. The smallest absolute Gasteiger partial charge is 0.271 e. The molecule has 120 valence electrons. The first kappa shape index (κ1) is 16.5. The summed E-state index contributed by atoms with van der Waals surface area (Å²) in [5, 5.41) is 4.15. The first-order valence-corrected chi connectivity index (χ1v) is 7.27. The van der Waals surface area contributed by atoms with Crippen LogP contribution < -0.4 is 15.1 Å². The van der Waals surface area contributed by atoms with Crippen molar-refractivity contribution in [2.75, 3.05) is 26.1 Å². The van der Waals surface area contributed by atoms with Crippen LogP contribution in [0.3, 0.4) is 0 Å². The molecule has 5 heteroatoms. The third-order valence-electron chi connectivity index (χ3n) is 3.48. The average molecular weight is 311 g/mol. The molecule has 0 unspecified atom stereocenters. The van der Waals surface area contributed by atoms with Gasteiger partial charge < -0.3 is 9.64 Å². The van der Waals surface area contributed by atoms with Crippen molar-refractivity contribution in [3.8, 4) is 5.75 Å². The van der Waals surface area contributed by atoms with Gasteiger partial charge in [0.1, 0.15) is 5.75 Å². The second-order valence-electron chi connectivity index (χ2n) is 5.31. The Labute approximate surface area is 136 Å². The van der Waals surface area contributed by atoms with Crippen molar-refractivity contribution in [3.05, 3.63) is 59.7 Å². The minimum atomic E-state index is -0.233. The van der Waals surface area contributed by atoms with Crippen molar-refractivity contribution in [2.45, 2.75) is 6.92 Å². The summed E-state index contributed by atoms with van der Waals surface area (Å²) in [6.07, 6.45) is 0. The first-order chi connectivity index (χ1) is 11.0. The molecule has 0 aromatic heterocycles. The Morgan fingerprint density at radius 2 is 1.57 bits per heavy atom. The maximum Gasteiger partial charge on any atom is 0.271 e. The van der Waals surface area contributed by atoms with E-state index in [1.54, 1.807) is 19.2 Å². The van der Waals surface area contributed by atoms with Crippen LogP contribution >= 0.6 is 0 Å². The average Bonchev–Trinajstić information content (AvgIpc) is 2.59. The summed E-state index contributed by atoms with van der Waals surface area (Å²) in [6.45, 7) is 1.84. The van der Waals surface area contributed by atoms with Gasteiger partial charge in [0.15, 0.2) is 0 Å². The molecule has 1 N–H and O–H groups in total. The first-order valence-electron chi connectivity index (χ1n) is 7.27. The number of rotatable bonds is 5. The van der Waals surface area contributed by atoms with E-state index in [1.165, 1.54) is 0 Å². The molecule has 0 aliphatic heterocycles. The van der Waals surface area contributed by atoms with Crippen LogP contribution in [0.2, 0.25) is 0 Å². The maximum atomic E-state index is 12.1. The zero-order valence-corrected chi connectivity index (χ0v) is 13.8. The molecule has 0 aliphatic carbocycles. The lowest BCUT2D eigenvalue weighted by atomic mass is 10.1. The molecule has 0 aliphatic rings. The Morgan fingerprint density at radius 3 is 2.09 bits per heavy atom. The SMILES string of the molecule is COc1ccc(C(C)=NNC(=O)c2ccc(N(C)C)cc2)cc1. The van der Waals surface area contributed by atoms with E-state index in [-0.39, 0.29) is 5.91 Å². The Morgan fingerprint density at radius 1 is 1.00 bits per heavy atom. The standard InChI is InChI=1S/C18H21N3O2/c1-13(14-7-11-17(23-4)12-8-14)19-20-18(22)15-5-9-16(10-6-15)21(2)3/h5-12H,1-4H3,(H,20,22). The Balaban J connectivity index is 2.04. The molecule has 2 aromatic rings. The topological polar surface area (TPSA) is 53.9 Å². The van der Waals surface area contributed by atoms with Crippen molar-refractivity contribution in [1.82, 2.24) is 5.43 Å². The number of carbonyl (C=O) groups excluding carboxylic acids is 1.